The monoisotopic (exact) mass is 487 g/mol. The van der Waals surface area contributed by atoms with Crippen LogP contribution in [0.25, 0.3) is 5.76 Å². The maximum Gasteiger partial charge on any atom is 0.295 e. The molecule has 1 fully saturated rings. The van der Waals surface area contributed by atoms with E-state index in [4.69, 9.17) is 25.8 Å². The largest absolute Gasteiger partial charge is 0.507 e. The molecule has 2 aromatic carbocycles. The number of likely N-dealkylation sites (tertiary alicyclic amines) is 1. The van der Waals surface area contributed by atoms with Gasteiger partial charge in [-0.25, -0.2) is 0 Å². The maximum absolute atomic E-state index is 13.1. The Bertz CT molecular complexity index is 1050. The highest BCUT2D eigenvalue weighted by Crippen LogP contribution is 2.40. The van der Waals surface area contributed by atoms with Gasteiger partial charge in [-0.2, -0.15) is 0 Å². The molecule has 1 N–H and O–H groups in total. The van der Waals surface area contributed by atoms with Crippen molar-refractivity contribution in [2.45, 2.75) is 32.7 Å². The Morgan fingerprint density at radius 1 is 1.06 bits per heavy atom. The molecule has 1 saturated heterocycles. The number of rotatable bonds is 11. The maximum atomic E-state index is 13.1. The number of halogens is 1. The van der Waals surface area contributed by atoms with Gasteiger partial charge in [-0.1, -0.05) is 37.1 Å². The van der Waals surface area contributed by atoms with Crippen LogP contribution < -0.4 is 9.47 Å². The van der Waals surface area contributed by atoms with Crippen molar-refractivity contribution in [2.75, 3.05) is 33.5 Å². The second-order valence-corrected chi connectivity index (χ2v) is 8.24. The SMILES string of the molecule is CCCCOc1ccc(C2/C(=C(/O)c3ccc(Cl)c(OCC)c3)C(=O)C(=O)N2CCOC)cc1. The van der Waals surface area contributed by atoms with E-state index in [9.17, 15) is 14.7 Å². The molecule has 1 unspecified atom stereocenters. The van der Waals surface area contributed by atoms with Crippen molar-refractivity contribution in [1.29, 1.82) is 0 Å². The standard InChI is InChI=1S/C26H30ClNO6/c1-4-6-14-34-19-10-7-17(8-11-19)23-22(25(30)26(31)28(23)13-15-32-3)24(29)18-9-12-20(27)21(16-18)33-5-2/h7-12,16,23,29H,4-6,13-15H2,1-3H3/b24-22-. The van der Waals surface area contributed by atoms with Gasteiger partial charge in [-0.3, -0.25) is 9.59 Å². The number of ketones is 1. The lowest BCUT2D eigenvalue weighted by Crippen LogP contribution is -2.32. The highest BCUT2D eigenvalue weighted by molar-refractivity contribution is 6.46. The number of carbonyl (C=O) groups excluding carboxylic acids is 2. The molecular formula is C26H30ClNO6. The van der Waals surface area contributed by atoms with Crippen LogP contribution in [0.15, 0.2) is 48.0 Å². The number of aliphatic hydroxyl groups is 1. The predicted octanol–water partition coefficient (Wildman–Crippen LogP) is 4.99. The summed E-state index contributed by atoms with van der Waals surface area (Å²) in [5.74, 6) is -0.651. The summed E-state index contributed by atoms with van der Waals surface area (Å²) >= 11 is 6.18. The zero-order valence-corrected chi connectivity index (χ0v) is 20.4. The number of methoxy groups -OCH3 is 1. The van der Waals surface area contributed by atoms with Crippen LogP contribution in [0, 0.1) is 0 Å². The molecule has 8 heteroatoms. The van der Waals surface area contributed by atoms with Gasteiger partial charge in [0.1, 0.15) is 17.3 Å². The van der Waals surface area contributed by atoms with Crippen LogP contribution in [-0.2, 0) is 14.3 Å². The van der Waals surface area contributed by atoms with Gasteiger partial charge in [-0.05, 0) is 49.2 Å². The Labute approximate surface area is 204 Å². The summed E-state index contributed by atoms with van der Waals surface area (Å²) in [5.41, 5.74) is 1.02. The fourth-order valence-corrected chi connectivity index (χ4v) is 3.97. The molecule has 0 aliphatic carbocycles. The minimum atomic E-state index is -0.772. The Morgan fingerprint density at radius 2 is 1.79 bits per heavy atom. The molecule has 1 aliphatic heterocycles. The number of unbranched alkanes of at least 4 members (excludes halogenated alkanes) is 1. The van der Waals surface area contributed by atoms with Crippen molar-refractivity contribution in [3.05, 3.63) is 64.2 Å². The van der Waals surface area contributed by atoms with Crippen molar-refractivity contribution >= 4 is 29.1 Å². The predicted molar refractivity (Wildman–Crippen MR) is 130 cm³/mol. The highest BCUT2D eigenvalue weighted by atomic mass is 35.5. The third-order valence-electron chi connectivity index (χ3n) is 5.54. The van der Waals surface area contributed by atoms with Crippen LogP contribution in [-0.4, -0.2) is 55.2 Å². The topological polar surface area (TPSA) is 85.3 Å². The molecule has 34 heavy (non-hydrogen) atoms. The number of ether oxygens (including phenoxy) is 3. The molecule has 2 aromatic rings. The van der Waals surface area contributed by atoms with E-state index in [0.717, 1.165) is 12.8 Å². The Balaban J connectivity index is 2.05. The van der Waals surface area contributed by atoms with Gasteiger partial charge < -0.3 is 24.2 Å². The molecule has 3 rings (SSSR count). The number of benzene rings is 2. The molecule has 1 aliphatic rings. The van der Waals surface area contributed by atoms with E-state index in [1.165, 1.54) is 12.0 Å². The number of aliphatic hydroxyl groups excluding tert-OH is 1. The Hall–Kier alpha value is -3.03. The molecule has 1 heterocycles. The first-order valence-corrected chi connectivity index (χ1v) is 11.7. The second kappa shape index (κ2) is 11.9. The molecule has 7 nitrogen and oxygen atoms in total. The summed E-state index contributed by atoms with van der Waals surface area (Å²) in [6.45, 7) is 5.35. The number of carbonyl (C=O) groups is 2. The van der Waals surface area contributed by atoms with Crippen LogP contribution in [0.4, 0.5) is 0 Å². The fraction of sp³-hybridized carbons (Fsp3) is 0.385. The van der Waals surface area contributed by atoms with E-state index in [0.29, 0.717) is 40.9 Å². The van der Waals surface area contributed by atoms with E-state index < -0.39 is 17.7 Å². The summed E-state index contributed by atoms with van der Waals surface area (Å²) in [5, 5.41) is 11.6. The number of hydrogen-bond donors (Lipinski definition) is 1. The van der Waals surface area contributed by atoms with Gasteiger partial charge in [-0.15, -0.1) is 0 Å². The van der Waals surface area contributed by atoms with Crippen LogP contribution in [0.2, 0.25) is 5.02 Å². The van der Waals surface area contributed by atoms with Gasteiger partial charge in [0.2, 0.25) is 0 Å². The smallest absolute Gasteiger partial charge is 0.295 e. The molecule has 1 atom stereocenters. The molecule has 0 saturated carbocycles. The summed E-state index contributed by atoms with van der Waals surface area (Å²) < 4.78 is 16.4. The third-order valence-corrected chi connectivity index (χ3v) is 5.86. The molecule has 0 bridgehead atoms. The van der Waals surface area contributed by atoms with E-state index >= 15 is 0 Å². The van der Waals surface area contributed by atoms with Crippen molar-refractivity contribution in [2.24, 2.45) is 0 Å². The fourth-order valence-electron chi connectivity index (χ4n) is 3.80. The first-order valence-electron chi connectivity index (χ1n) is 11.4. The van der Waals surface area contributed by atoms with Crippen molar-refractivity contribution in [1.82, 2.24) is 4.90 Å². The molecular weight excluding hydrogens is 458 g/mol. The van der Waals surface area contributed by atoms with Crippen LogP contribution in [0.1, 0.15) is 43.9 Å². The second-order valence-electron chi connectivity index (χ2n) is 7.83. The van der Waals surface area contributed by atoms with Crippen molar-refractivity contribution in [3.8, 4) is 11.5 Å². The normalized spacial score (nSPS) is 17.3. The zero-order chi connectivity index (χ0) is 24.7. The quantitative estimate of drug-likeness (QED) is 0.208. The first kappa shape index (κ1) is 25.6. The number of nitrogens with zero attached hydrogens (tertiary/aromatic N) is 1. The summed E-state index contributed by atoms with van der Waals surface area (Å²) in [6.07, 6.45) is 1.98. The lowest BCUT2D eigenvalue weighted by molar-refractivity contribution is -0.140. The lowest BCUT2D eigenvalue weighted by Gasteiger charge is -2.25. The molecule has 1 amide bonds. The highest BCUT2D eigenvalue weighted by Gasteiger charge is 2.45. The Kier molecular flexibility index (Phi) is 8.96. The van der Waals surface area contributed by atoms with Crippen molar-refractivity contribution < 1.29 is 28.9 Å². The third kappa shape index (κ3) is 5.54. The van der Waals surface area contributed by atoms with Crippen LogP contribution in [0.3, 0.4) is 0 Å². The average Bonchev–Trinajstić information content (AvgIpc) is 3.09. The lowest BCUT2D eigenvalue weighted by atomic mass is 9.95. The van der Waals surface area contributed by atoms with Gasteiger partial charge in [0, 0.05) is 19.2 Å². The minimum Gasteiger partial charge on any atom is -0.507 e. The van der Waals surface area contributed by atoms with E-state index in [1.807, 2.05) is 6.92 Å². The number of amides is 1. The zero-order valence-electron chi connectivity index (χ0n) is 19.7. The van der Waals surface area contributed by atoms with E-state index in [2.05, 4.69) is 6.92 Å². The summed E-state index contributed by atoms with van der Waals surface area (Å²) in [4.78, 5) is 27.4. The Morgan fingerprint density at radius 3 is 2.44 bits per heavy atom. The van der Waals surface area contributed by atoms with E-state index in [-0.39, 0.29) is 24.5 Å². The first-order chi connectivity index (χ1) is 16.4. The van der Waals surface area contributed by atoms with Crippen molar-refractivity contribution in [3.63, 3.8) is 0 Å². The molecule has 0 aromatic heterocycles. The van der Waals surface area contributed by atoms with Gasteiger partial charge in [0.15, 0.2) is 0 Å². The molecule has 0 radical (unpaired) electrons. The van der Waals surface area contributed by atoms with Gasteiger partial charge >= 0.3 is 0 Å². The van der Waals surface area contributed by atoms with Gasteiger partial charge in [0.05, 0.1) is 36.5 Å². The minimum absolute atomic E-state index is 0.00512. The number of hydrogen-bond acceptors (Lipinski definition) is 6. The summed E-state index contributed by atoms with van der Waals surface area (Å²) in [6, 6.07) is 11.2. The van der Waals surface area contributed by atoms with Gasteiger partial charge in [0.25, 0.3) is 11.7 Å². The van der Waals surface area contributed by atoms with Crippen LogP contribution >= 0.6 is 11.6 Å². The average molecular weight is 488 g/mol. The van der Waals surface area contributed by atoms with E-state index in [1.54, 1.807) is 42.5 Å². The summed E-state index contributed by atoms with van der Waals surface area (Å²) in [7, 11) is 1.52. The molecule has 182 valence electrons. The number of Topliss-reactive ketones (excluding diaryl/α,β-unsaturated/α-hetero) is 1. The van der Waals surface area contributed by atoms with Crippen LogP contribution in [0.5, 0.6) is 11.5 Å². The molecule has 0 spiro atoms.